The second kappa shape index (κ2) is 5.90. The Kier molecular flexibility index (Phi) is 4.04. The predicted octanol–water partition coefficient (Wildman–Crippen LogP) is -1.15. The third-order valence-corrected chi connectivity index (χ3v) is 6.19. The summed E-state index contributed by atoms with van der Waals surface area (Å²) < 4.78 is 28.9. The van der Waals surface area contributed by atoms with E-state index in [1.165, 1.54) is 0 Å². The number of rotatable bonds is 4. The van der Waals surface area contributed by atoms with Gasteiger partial charge in [-0.1, -0.05) is 30.3 Å². The van der Waals surface area contributed by atoms with Crippen LogP contribution in [0.2, 0.25) is 0 Å². The van der Waals surface area contributed by atoms with Gasteiger partial charge in [0.25, 0.3) is 0 Å². The molecule has 0 spiro atoms. The van der Waals surface area contributed by atoms with Gasteiger partial charge < -0.3 is 15.0 Å². The van der Waals surface area contributed by atoms with E-state index in [-0.39, 0.29) is 6.42 Å². The SMILES string of the molecule is COC(=O)C1CS(=O)(=O)[C@H]2C(NC(=O)Cc3ccccc3)C(=O)N12. The Morgan fingerprint density at radius 3 is 2.58 bits per heavy atom. The molecule has 0 radical (unpaired) electrons. The summed E-state index contributed by atoms with van der Waals surface area (Å²) in [7, 11) is -2.57. The lowest BCUT2D eigenvalue weighted by Crippen LogP contribution is -2.72. The molecule has 1 aromatic carbocycles. The highest BCUT2D eigenvalue weighted by Gasteiger charge is 2.64. The Morgan fingerprint density at radius 1 is 1.29 bits per heavy atom. The fourth-order valence-corrected chi connectivity index (χ4v) is 5.18. The van der Waals surface area contributed by atoms with Crippen molar-refractivity contribution in [3.05, 3.63) is 35.9 Å². The number of benzene rings is 1. The van der Waals surface area contributed by atoms with Crippen molar-refractivity contribution in [1.29, 1.82) is 0 Å². The van der Waals surface area contributed by atoms with Crippen LogP contribution in [0.15, 0.2) is 30.3 Å². The van der Waals surface area contributed by atoms with Crippen LogP contribution in [0.4, 0.5) is 0 Å². The Hall–Kier alpha value is -2.42. The first kappa shape index (κ1) is 16.4. The molecule has 8 nitrogen and oxygen atoms in total. The summed E-state index contributed by atoms with van der Waals surface area (Å²) in [6, 6.07) is 6.60. The lowest BCUT2D eigenvalue weighted by molar-refractivity contribution is -0.160. The van der Waals surface area contributed by atoms with E-state index in [1.807, 2.05) is 6.07 Å². The Morgan fingerprint density at radius 2 is 1.96 bits per heavy atom. The Labute approximate surface area is 138 Å². The van der Waals surface area contributed by atoms with Crippen LogP contribution in [0.25, 0.3) is 0 Å². The van der Waals surface area contributed by atoms with Gasteiger partial charge in [0, 0.05) is 0 Å². The van der Waals surface area contributed by atoms with Gasteiger partial charge in [-0.3, -0.25) is 9.59 Å². The number of nitrogens with one attached hydrogen (secondary N) is 1. The van der Waals surface area contributed by atoms with Crippen LogP contribution in [0.1, 0.15) is 5.56 Å². The number of hydrogen-bond acceptors (Lipinski definition) is 6. The molecule has 0 bridgehead atoms. The van der Waals surface area contributed by atoms with Crippen molar-refractivity contribution in [2.24, 2.45) is 0 Å². The maximum atomic E-state index is 12.2. The predicted molar refractivity (Wildman–Crippen MR) is 82.3 cm³/mol. The van der Waals surface area contributed by atoms with E-state index in [2.05, 4.69) is 10.1 Å². The molecule has 3 rings (SSSR count). The first-order chi connectivity index (χ1) is 11.3. The number of fused-ring (bicyclic) bond motifs is 1. The molecule has 2 fully saturated rings. The van der Waals surface area contributed by atoms with Crippen molar-refractivity contribution in [2.75, 3.05) is 12.9 Å². The highest BCUT2D eigenvalue weighted by atomic mass is 32.2. The summed E-state index contributed by atoms with van der Waals surface area (Å²) in [6.45, 7) is 0. The van der Waals surface area contributed by atoms with Gasteiger partial charge in [-0.25, -0.2) is 13.2 Å². The molecule has 24 heavy (non-hydrogen) atoms. The van der Waals surface area contributed by atoms with Crippen molar-refractivity contribution in [3.8, 4) is 0 Å². The van der Waals surface area contributed by atoms with Gasteiger partial charge in [0.1, 0.15) is 12.1 Å². The normalized spacial score (nSPS) is 27.1. The molecule has 1 aromatic rings. The number of ether oxygens (including phenoxy) is 1. The Bertz CT molecular complexity index is 791. The smallest absolute Gasteiger partial charge is 0.329 e. The fourth-order valence-electron chi connectivity index (χ4n) is 3.05. The van der Waals surface area contributed by atoms with Crippen LogP contribution in [-0.4, -0.2) is 61.4 Å². The first-order valence-corrected chi connectivity index (χ1v) is 9.01. The molecule has 2 aliphatic heterocycles. The van der Waals surface area contributed by atoms with Gasteiger partial charge in [0.05, 0.1) is 19.3 Å². The largest absolute Gasteiger partial charge is 0.467 e. The van der Waals surface area contributed by atoms with E-state index in [1.54, 1.807) is 24.3 Å². The molecule has 9 heteroatoms. The average molecular weight is 352 g/mol. The highest BCUT2D eigenvalue weighted by Crippen LogP contribution is 2.35. The zero-order chi connectivity index (χ0) is 17.5. The standard InChI is InChI=1S/C15H16N2O6S/c1-23-15(20)10-8-24(21,22)14-12(13(19)17(10)14)16-11(18)7-9-5-3-2-4-6-9/h2-6,10,12,14H,7-8H2,1H3,(H,16,18)/t10?,12?,14-/m0/s1. The van der Waals surface area contributed by atoms with E-state index in [0.29, 0.717) is 0 Å². The summed E-state index contributed by atoms with van der Waals surface area (Å²) in [5.74, 6) is -2.29. The summed E-state index contributed by atoms with van der Waals surface area (Å²) in [6.07, 6.45) is 0.0395. The minimum Gasteiger partial charge on any atom is -0.467 e. The molecular formula is C15H16N2O6S. The highest BCUT2D eigenvalue weighted by molar-refractivity contribution is 7.92. The van der Waals surface area contributed by atoms with E-state index >= 15 is 0 Å². The van der Waals surface area contributed by atoms with E-state index in [4.69, 9.17) is 0 Å². The number of esters is 1. The van der Waals surface area contributed by atoms with Crippen LogP contribution in [0.5, 0.6) is 0 Å². The summed E-state index contributed by atoms with van der Waals surface area (Å²) >= 11 is 0. The second-order valence-corrected chi connectivity index (χ2v) is 7.85. The van der Waals surface area contributed by atoms with Gasteiger partial charge in [0.15, 0.2) is 15.2 Å². The Balaban J connectivity index is 1.71. The number of amides is 2. The minimum atomic E-state index is -3.70. The molecule has 2 amide bonds. The van der Waals surface area contributed by atoms with Crippen LogP contribution >= 0.6 is 0 Å². The van der Waals surface area contributed by atoms with Gasteiger partial charge in [0.2, 0.25) is 11.8 Å². The molecule has 3 atom stereocenters. The number of carbonyl (C=O) groups is 3. The van der Waals surface area contributed by atoms with Crippen molar-refractivity contribution in [3.63, 3.8) is 0 Å². The molecule has 2 saturated heterocycles. The summed E-state index contributed by atoms with van der Waals surface area (Å²) in [4.78, 5) is 36.9. The lowest BCUT2D eigenvalue weighted by Gasteiger charge is -2.42. The second-order valence-electron chi connectivity index (χ2n) is 5.71. The molecule has 2 heterocycles. The van der Waals surface area contributed by atoms with Crippen LogP contribution in [0.3, 0.4) is 0 Å². The first-order valence-electron chi connectivity index (χ1n) is 7.30. The van der Waals surface area contributed by atoms with Gasteiger partial charge in [-0.15, -0.1) is 0 Å². The van der Waals surface area contributed by atoms with E-state index < -0.39 is 50.8 Å². The van der Waals surface area contributed by atoms with Crippen molar-refractivity contribution >= 4 is 27.6 Å². The van der Waals surface area contributed by atoms with Crippen molar-refractivity contribution < 1.29 is 27.5 Å². The summed E-state index contributed by atoms with van der Waals surface area (Å²) in [5.41, 5.74) is 0.750. The molecule has 0 saturated carbocycles. The van der Waals surface area contributed by atoms with Gasteiger partial charge >= 0.3 is 5.97 Å². The monoisotopic (exact) mass is 352 g/mol. The number of sulfone groups is 1. The number of carbonyl (C=O) groups excluding carboxylic acids is 3. The maximum absolute atomic E-state index is 12.2. The fraction of sp³-hybridized carbons (Fsp3) is 0.400. The van der Waals surface area contributed by atoms with Crippen molar-refractivity contribution in [1.82, 2.24) is 10.2 Å². The van der Waals surface area contributed by atoms with Crippen LogP contribution in [0, 0.1) is 0 Å². The third-order valence-electron chi connectivity index (χ3n) is 4.17. The molecule has 0 aromatic heterocycles. The number of nitrogens with zero attached hydrogens (tertiary/aromatic N) is 1. The van der Waals surface area contributed by atoms with Gasteiger partial charge in [-0.05, 0) is 5.56 Å². The lowest BCUT2D eigenvalue weighted by atomic mass is 10.0. The zero-order valence-corrected chi connectivity index (χ0v) is 13.7. The van der Waals surface area contributed by atoms with E-state index in [0.717, 1.165) is 17.6 Å². The average Bonchev–Trinajstić information content (AvgIpc) is 2.81. The minimum absolute atomic E-state index is 0.0395. The summed E-state index contributed by atoms with van der Waals surface area (Å²) in [5, 5.41) is 1.26. The molecular weight excluding hydrogens is 336 g/mol. The maximum Gasteiger partial charge on any atom is 0.329 e. The van der Waals surface area contributed by atoms with E-state index in [9.17, 15) is 22.8 Å². The molecule has 128 valence electrons. The third kappa shape index (κ3) is 2.64. The number of β-lactam (4-membered cyclic amide) rings is 1. The molecule has 2 aliphatic rings. The van der Waals surface area contributed by atoms with Crippen molar-refractivity contribution in [2.45, 2.75) is 23.9 Å². The quantitative estimate of drug-likeness (QED) is 0.541. The number of hydrogen-bond donors (Lipinski definition) is 1. The van der Waals surface area contributed by atoms with Gasteiger partial charge in [-0.2, -0.15) is 0 Å². The number of methoxy groups -OCH3 is 1. The topological polar surface area (TPSA) is 110 Å². The molecule has 2 unspecified atom stereocenters. The van der Waals surface area contributed by atoms with Crippen LogP contribution in [-0.2, 0) is 35.4 Å². The van der Waals surface area contributed by atoms with Crippen LogP contribution < -0.4 is 5.32 Å². The zero-order valence-electron chi connectivity index (χ0n) is 12.8. The molecule has 1 N–H and O–H groups in total. The molecule has 0 aliphatic carbocycles.